The molecule has 1 unspecified atom stereocenters. The summed E-state index contributed by atoms with van der Waals surface area (Å²) in [5, 5.41) is 9.92. The van der Waals surface area contributed by atoms with E-state index in [1.165, 1.54) is 4.90 Å². The molecular weight excluding hydrogens is 516 g/mol. The molecule has 2 atom stereocenters. The second-order valence-corrected chi connectivity index (χ2v) is 11.8. The third kappa shape index (κ3) is 7.65. The average Bonchev–Trinajstić information content (AvgIpc) is 3.26. The van der Waals surface area contributed by atoms with Crippen LogP contribution in [-0.2, 0) is 20.8 Å². The van der Waals surface area contributed by atoms with Gasteiger partial charge in [0.15, 0.2) is 5.82 Å². The number of aromatic nitrogens is 2. The number of likely N-dealkylation sites (tertiary alicyclic amines) is 1. The lowest BCUT2D eigenvalue weighted by atomic mass is 9.92. The molecule has 1 fully saturated rings. The predicted octanol–water partition coefficient (Wildman–Crippen LogP) is 4.28. The average molecular weight is 561 g/mol. The Kier molecular flexibility index (Phi) is 10.4. The molecule has 0 radical (unpaired) electrons. The first-order valence-electron chi connectivity index (χ1n) is 13.9. The van der Waals surface area contributed by atoms with Crippen molar-refractivity contribution in [2.75, 3.05) is 40.5 Å². The first-order valence-corrected chi connectivity index (χ1v) is 13.9. The van der Waals surface area contributed by atoms with Crippen molar-refractivity contribution in [1.29, 1.82) is 0 Å². The Morgan fingerprint density at radius 1 is 1.15 bits per heavy atom. The number of rotatable bonds is 11. The van der Waals surface area contributed by atoms with Crippen LogP contribution in [0.5, 0.6) is 5.75 Å². The minimum atomic E-state index is -1.01. The molecule has 40 heavy (non-hydrogen) atoms. The number of methoxy groups -OCH3 is 2. The van der Waals surface area contributed by atoms with E-state index in [4.69, 9.17) is 19.2 Å². The number of carbonyl (C=O) groups excluding carboxylic acids is 2. The van der Waals surface area contributed by atoms with Crippen LogP contribution in [0.3, 0.4) is 0 Å². The third-order valence-electron chi connectivity index (χ3n) is 6.83. The van der Waals surface area contributed by atoms with Gasteiger partial charge in [-0.1, -0.05) is 19.9 Å². The lowest BCUT2D eigenvalue weighted by Gasteiger charge is -2.42. The number of carbonyl (C=O) groups is 3. The Morgan fingerprint density at radius 2 is 1.88 bits per heavy atom. The highest BCUT2D eigenvalue weighted by molar-refractivity contribution is 5.96. The van der Waals surface area contributed by atoms with Crippen LogP contribution in [0.4, 0.5) is 4.79 Å². The number of aryl methyl sites for hydroxylation is 1. The van der Waals surface area contributed by atoms with Crippen LogP contribution in [0.15, 0.2) is 18.2 Å². The molecule has 0 saturated carbocycles. The Bertz CT molecular complexity index is 1190. The lowest BCUT2D eigenvalue weighted by molar-refractivity contribution is -0.144. The number of aliphatic carboxylic acids is 1. The summed E-state index contributed by atoms with van der Waals surface area (Å²) in [5.41, 5.74) is 0.641. The molecule has 1 saturated heterocycles. The summed E-state index contributed by atoms with van der Waals surface area (Å²) >= 11 is 0. The van der Waals surface area contributed by atoms with Crippen LogP contribution in [0.2, 0.25) is 0 Å². The van der Waals surface area contributed by atoms with Gasteiger partial charge in [0, 0.05) is 39.9 Å². The van der Waals surface area contributed by atoms with Crippen molar-refractivity contribution in [1.82, 2.24) is 19.4 Å². The number of benzene rings is 1. The fourth-order valence-electron chi connectivity index (χ4n) is 5.06. The predicted molar refractivity (Wildman–Crippen MR) is 151 cm³/mol. The number of unbranched alkanes of at least 4 members (excludes halogenated alkanes) is 1. The zero-order valence-corrected chi connectivity index (χ0v) is 24.8. The van der Waals surface area contributed by atoms with Crippen LogP contribution in [0, 0.1) is 11.8 Å². The number of carboxylic acids is 1. The summed E-state index contributed by atoms with van der Waals surface area (Å²) in [4.78, 5) is 47.3. The molecular formula is C29H44N4O7. The van der Waals surface area contributed by atoms with Gasteiger partial charge < -0.3 is 33.7 Å². The largest absolute Gasteiger partial charge is 0.494 e. The van der Waals surface area contributed by atoms with Crippen molar-refractivity contribution in [3.8, 4) is 5.75 Å². The van der Waals surface area contributed by atoms with Gasteiger partial charge in [0.05, 0.1) is 24.6 Å². The number of amides is 2. The number of imidazole rings is 1. The Balaban J connectivity index is 2.03. The molecule has 0 aliphatic carbocycles. The number of piperidine rings is 1. The fraction of sp³-hybridized carbons (Fsp3) is 0.655. The standard InChI is InChI=1S/C29H44N4O7/c1-19(2)16-33(21-15-20(27(35)36)17-31(18-21)28(37)40-29(3,4)5)26(34)25-30-24-22(11-10-12-23(24)39-7)32(25)13-8-9-14-38-6/h10-12,19-21H,8-9,13-18H2,1-7H3,(H,35,36)/t20-,21?/m1/s1. The van der Waals surface area contributed by atoms with Crippen molar-refractivity contribution in [2.45, 2.75) is 72.1 Å². The second kappa shape index (κ2) is 13.3. The smallest absolute Gasteiger partial charge is 0.410 e. The minimum absolute atomic E-state index is 0.0274. The molecule has 1 N–H and O–H groups in total. The highest BCUT2D eigenvalue weighted by Crippen LogP contribution is 2.29. The highest BCUT2D eigenvalue weighted by atomic mass is 16.6. The van der Waals surface area contributed by atoms with Crippen molar-refractivity contribution in [3.63, 3.8) is 0 Å². The van der Waals surface area contributed by atoms with Gasteiger partial charge in [0.2, 0.25) is 0 Å². The molecule has 2 amide bonds. The van der Waals surface area contributed by atoms with Gasteiger partial charge in [-0.25, -0.2) is 9.78 Å². The molecule has 1 aliphatic rings. The van der Waals surface area contributed by atoms with Crippen molar-refractivity contribution >= 4 is 29.0 Å². The summed E-state index contributed by atoms with van der Waals surface area (Å²) in [5.74, 6) is -1.22. The molecule has 2 aromatic rings. The zero-order chi connectivity index (χ0) is 29.6. The topological polar surface area (TPSA) is 123 Å². The van der Waals surface area contributed by atoms with E-state index in [0.29, 0.717) is 31.0 Å². The third-order valence-corrected chi connectivity index (χ3v) is 6.83. The number of nitrogens with zero attached hydrogens (tertiary/aromatic N) is 4. The highest BCUT2D eigenvalue weighted by Gasteiger charge is 2.40. The quantitative estimate of drug-likeness (QED) is 0.404. The molecule has 1 aromatic carbocycles. The molecule has 222 valence electrons. The lowest BCUT2D eigenvalue weighted by Crippen LogP contribution is -2.57. The summed E-state index contributed by atoms with van der Waals surface area (Å²) in [6.07, 6.45) is 1.23. The summed E-state index contributed by atoms with van der Waals surface area (Å²) in [6.45, 7) is 11.0. The van der Waals surface area contributed by atoms with Crippen LogP contribution < -0.4 is 4.74 Å². The molecule has 2 heterocycles. The minimum Gasteiger partial charge on any atom is -0.494 e. The van der Waals surface area contributed by atoms with E-state index in [9.17, 15) is 19.5 Å². The molecule has 11 nitrogen and oxygen atoms in total. The van der Waals surface area contributed by atoms with E-state index in [0.717, 1.165) is 18.4 Å². The summed E-state index contributed by atoms with van der Waals surface area (Å²) < 4.78 is 18.2. The molecule has 1 aliphatic heterocycles. The maximum Gasteiger partial charge on any atom is 0.410 e. The fourth-order valence-corrected chi connectivity index (χ4v) is 5.06. The maximum absolute atomic E-state index is 14.3. The number of ether oxygens (including phenoxy) is 3. The van der Waals surface area contributed by atoms with Crippen LogP contribution in [-0.4, -0.2) is 94.5 Å². The van der Waals surface area contributed by atoms with Crippen molar-refractivity contribution in [2.24, 2.45) is 11.8 Å². The molecule has 1 aromatic heterocycles. The van der Waals surface area contributed by atoms with E-state index >= 15 is 0 Å². The van der Waals surface area contributed by atoms with Gasteiger partial charge in [-0.3, -0.25) is 9.59 Å². The zero-order valence-electron chi connectivity index (χ0n) is 24.8. The van der Waals surface area contributed by atoms with Crippen molar-refractivity contribution in [3.05, 3.63) is 24.0 Å². The van der Waals surface area contributed by atoms with Crippen LogP contribution in [0.1, 0.15) is 64.5 Å². The van der Waals surface area contributed by atoms with Gasteiger partial charge in [-0.05, 0) is 58.1 Å². The first-order chi connectivity index (χ1) is 18.9. The van der Waals surface area contributed by atoms with Crippen LogP contribution >= 0.6 is 0 Å². The van der Waals surface area contributed by atoms with E-state index < -0.39 is 29.6 Å². The van der Waals surface area contributed by atoms with Gasteiger partial charge in [-0.2, -0.15) is 0 Å². The Morgan fingerprint density at radius 3 is 2.48 bits per heavy atom. The number of hydrogen-bond acceptors (Lipinski definition) is 7. The van der Waals surface area contributed by atoms with Gasteiger partial charge in [0.25, 0.3) is 5.91 Å². The SMILES string of the molecule is COCCCCn1c(C(=O)N(CC(C)C)C2C[C@@H](C(=O)O)CN(C(=O)OC(C)(C)C)C2)nc2c(OC)cccc21. The Labute approximate surface area is 236 Å². The van der Waals surface area contributed by atoms with E-state index in [-0.39, 0.29) is 37.2 Å². The number of carboxylic acid groups (broad SMARTS) is 1. The second-order valence-electron chi connectivity index (χ2n) is 11.8. The summed E-state index contributed by atoms with van der Waals surface area (Å²) in [6, 6.07) is 5.06. The van der Waals surface area contributed by atoms with Crippen molar-refractivity contribution < 1.29 is 33.7 Å². The van der Waals surface area contributed by atoms with E-state index in [1.807, 2.05) is 36.6 Å². The Hall–Kier alpha value is -3.34. The molecule has 0 spiro atoms. The summed E-state index contributed by atoms with van der Waals surface area (Å²) in [7, 11) is 3.23. The number of hydrogen-bond donors (Lipinski definition) is 1. The number of fused-ring (bicyclic) bond motifs is 1. The van der Waals surface area contributed by atoms with Gasteiger partial charge in [0.1, 0.15) is 16.9 Å². The monoisotopic (exact) mass is 560 g/mol. The normalized spacial score (nSPS) is 17.8. The van der Waals surface area contributed by atoms with Crippen LogP contribution in [0.25, 0.3) is 11.0 Å². The van der Waals surface area contributed by atoms with Gasteiger partial charge in [-0.15, -0.1) is 0 Å². The van der Waals surface area contributed by atoms with Gasteiger partial charge >= 0.3 is 12.1 Å². The maximum atomic E-state index is 14.3. The van der Waals surface area contributed by atoms with E-state index in [2.05, 4.69) is 0 Å². The van der Waals surface area contributed by atoms with E-state index in [1.54, 1.807) is 39.9 Å². The molecule has 3 rings (SSSR count). The number of para-hydroxylation sites is 1. The molecule has 0 bridgehead atoms. The molecule has 11 heteroatoms. The first kappa shape index (κ1) is 31.2.